The molecule has 0 fully saturated rings. The Morgan fingerprint density at radius 1 is 1.21 bits per heavy atom. The van der Waals surface area contributed by atoms with E-state index in [0.29, 0.717) is 6.61 Å². The second-order valence-electron chi connectivity index (χ2n) is 5.96. The lowest BCUT2D eigenvalue weighted by Crippen LogP contribution is -2.30. The summed E-state index contributed by atoms with van der Waals surface area (Å²) in [6.45, 7) is 4.34. The van der Waals surface area contributed by atoms with Gasteiger partial charge < -0.3 is 19.2 Å². The maximum absolute atomic E-state index is 5.77. The third-order valence-electron chi connectivity index (χ3n) is 3.85. The van der Waals surface area contributed by atoms with Crippen molar-refractivity contribution < 1.29 is 13.9 Å². The lowest BCUT2D eigenvalue weighted by Gasteiger charge is -2.22. The fourth-order valence-electron chi connectivity index (χ4n) is 2.53. The number of benzene rings is 1. The number of rotatable bonds is 10. The summed E-state index contributed by atoms with van der Waals surface area (Å²) < 4.78 is 16.7. The van der Waals surface area contributed by atoms with E-state index in [1.807, 2.05) is 24.3 Å². The van der Waals surface area contributed by atoms with Crippen molar-refractivity contribution in [3.63, 3.8) is 0 Å². The van der Waals surface area contributed by atoms with Crippen molar-refractivity contribution in [2.24, 2.45) is 0 Å². The van der Waals surface area contributed by atoms with E-state index in [1.54, 1.807) is 13.4 Å². The van der Waals surface area contributed by atoms with Crippen LogP contribution in [-0.2, 0) is 6.54 Å². The molecule has 0 bridgehead atoms. The molecule has 5 nitrogen and oxygen atoms in total. The molecule has 0 radical (unpaired) electrons. The summed E-state index contributed by atoms with van der Waals surface area (Å²) in [6, 6.07) is 10.2. The Morgan fingerprint density at radius 2 is 2.04 bits per heavy atom. The third kappa shape index (κ3) is 5.01. The van der Waals surface area contributed by atoms with Crippen LogP contribution in [0.2, 0.25) is 0 Å². The predicted molar refractivity (Wildman–Crippen MR) is 95.6 cm³/mol. The summed E-state index contributed by atoms with van der Waals surface area (Å²) in [6.07, 6.45) is 2.69. The summed E-state index contributed by atoms with van der Waals surface area (Å²) in [5, 5.41) is 3.49. The fraction of sp³-hybridized carbons (Fsp3) is 0.474. The van der Waals surface area contributed by atoms with Gasteiger partial charge in [-0.25, -0.2) is 0 Å². The first-order valence-electron chi connectivity index (χ1n) is 8.36. The molecule has 1 aromatic heterocycles. The summed E-state index contributed by atoms with van der Waals surface area (Å²) >= 11 is 0. The SMILES string of the molecule is CCCOc1cc(CNCC(c2ccco2)N(C)C)ccc1OC. The lowest BCUT2D eigenvalue weighted by atomic mass is 10.1. The van der Waals surface area contributed by atoms with Crippen LogP contribution in [0.1, 0.15) is 30.7 Å². The first-order valence-corrected chi connectivity index (χ1v) is 8.36. The van der Waals surface area contributed by atoms with Gasteiger partial charge in [0.2, 0.25) is 0 Å². The minimum Gasteiger partial charge on any atom is -0.493 e. The molecule has 0 saturated carbocycles. The molecular weight excluding hydrogens is 304 g/mol. The van der Waals surface area contributed by atoms with Crippen molar-refractivity contribution in [3.8, 4) is 11.5 Å². The summed E-state index contributed by atoms with van der Waals surface area (Å²) in [5.74, 6) is 2.54. The zero-order chi connectivity index (χ0) is 17.4. The molecular formula is C19H28N2O3. The van der Waals surface area contributed by atoms with E-state index in [9.17, 15) is 0 Å². The largest absolute Gasteiger partial charge is 0.493 e. The monoisotopic (exact) mass is 332 g/mol. The molecule has 1 heterocycles. The molecule has 2 aromatic rings. The standard InChI is InChI=1S/C19H28N2O3/c1-5-10-23-19-12-15(8-9-18(19)22-4)13-20-14-16(21(2)3)17-7-6-11-24-17/h6-9,11-12,16,20H,5,10,13-14H2,1-4H3. The number of methoxy groups -OCH3 is 1. The molecule has 2 rings (SSSR count). The Hall–Kier alpha value is -1.98. The molecule has 0 spiro atoms. The van der Waals surface area contributed by atoms with Crippen molar-refractivity contribution >= 4 is 0 Å². The van der Waals surface area contributed by atoms with Gasteiger partial charge in [-0.1, -0.05) is 13.0 Å². The molecule has 0 amide bonds. The first-order chi connectivity index (χ1) is 11.7. The number of ether oxygens (including phenoxy) is 2. The van der Waals surface area contributed by atoms with E-state index in [4.69, 9.17) is 13.9 Å². The Kier molecular flexibility index (Phi) is 7.15. The summed E-state index contributed by atoms with van der Waals surface area (Å²) in [7, 11) is 5.77. The number of likely N-dealkylation sites (N-methyl/N-ethyl adjacent to an activating group) is 1. The highest BCUT2D eigenvalue weighted by Gasteiger charge is 2.16. The van der Waals surface area contributed by atoms with Gasteiger partial charge >= 0.3 is 0 Å². The summed E-state index contributed by atoms with van der Waals surface area (Å²) in [5.41, 5.74) is 1.17. The highest BCUT2D eigenvalue weighted by atomic mass is 16.5. The van der Waals surface area contributed by atoms with Gasteiger partial charge in [0.1, 0.15) is 5.76 Å². The number of nitrogens with one attached hydrogen (secondary N) is 1. The van der Waals surface area contributed by atoms with Gasteiger partial charge in [0, 0.05) is 13.1 Å². The van der Waals surface area contributed by atoms with Gasteiger partial charge in [-0.3, -0.25) is 4.90 Å². The molecule has 0 aliphatic rings. The van der Waals surface area contributed by atoms with E-state index in [2.05, 4.69) is 37.3 Å². The Morgan fingerprint density at radius 3 is 2.67 bits per heavy atom. The van der Waals surface area contributed by atoms with Gasteiger partial charge in [0.15, 0.2) is 11.5 Å². The molecule has 0 aliphatic carbocycles. The number of hydrogen-bond acceptors (Lipinski definition) is 5. The zero-order valence-corrected chi connectivity index (χ0v) is 15.0. The Labute approximate surface area is 144 Å². The van der Waals surface area contributed by atoms with E-state index >= 15 is 0 Å². The van der Waals surface area contributed by atoms with Crippen LogP contribution in [0.25, 0.3) is 0 Å². The highest BCUT2D eigenvalue weighted by Crippen LogP contribution is 2.28. The maximum atomic E-state index is 5.77. The van der Waals surface area contributed by atoms with Crippen molar-refractivity contribution in [1.82, 2.24) is 10.2 Å². The molecule has 0 aliphatic heterocycles. The maximum Gasteiger partial charge on any atom is 0.161 e. The van der Waals surface area contributed by atoms with Crippen molar-refractivity contribution in [1.29, 1.82) is 0 Å². The fourth-order valence-corrected chi connectivity index (χ4v) is 2.53. The van der Waals surface area contributed by atoms with Gasteiger partial charge in [-0.2, -0.15) is 0 Å². The van der Waals surface area contributed by atoms with Crippen LogP contribution < -0.4 is 14.8 Å². The van der Waals surface area contributed by atoms with E-state index in [1.165, 1.54) is 5.56 Å². The van der Waals surface area contributed by atoms with Crippen molar-refractivity contribution in [3.05, 3.63) is 47.9 Å². The van der Waals surface area contributed by atoms with E-state index < -0.39 is 0 Å². The van der Waals surface area contributed by atoms with Crippen LogP contribution in [0.3, 0.4) is 0 Å². The van der Waals surface area contributed by atoms with Gasteiger partial charge in [-0.05, 0) is 50.3 Å². The Balaban J connectivity index is 1.95. The van der Waals surface area contributed by atoms with Crippen LogP contribution in [0.4, 0.5) is 0 Å². The normalized spacial score (nSPS) is 12.4. The molecule has 1 unspecified atom stereocenters. The van der Waals surface area contributed by atoms with Gasteiger partial charge in [0.25, 0.3) is 0 Å². The number of furan rings is 1. The van der Waals surface area contributed by atoms with E-state index in [0.717, 1.165) is 36.8 Å². The minimum atomic E-state index is 0.203. The molecule has 1 N–H and O–H groups in total. The molecule has 0 saturated heterocycles. The first kappa shape index (κ1) is 18.4. The number of nitrogens with zero attached hydrogens (tertiary/aromatic N) is 1. The Bertz CT molecular complexity index is 597. The van der Waals surface area contributed by atoms with Crippen molar-refractivity contribution in [2.75, 3.05) is 34.4 Å². The van der Waals surface area contributed by atoms with Gasteiger partial charge in [0.05, 0.1) is 26.0 Å². The smallest absolute Gasteiger partial charge is 0.161 e. The molecule has 132 valence electrons. The molecule has 5 heteroatoms. The van der Waals surface area contributed by atoms with Gasteiger partial charge in [-0.15, -0.1) is 0 Å². The lowest BCUT2D eigenvalue weighted by molar-refractivity contribution is 0.250. The highest BCUT2D eigenvalue weighted by molar-refractivity contribution is 5.42. The topological polar surface area (TPSA) is 46.9 Å². The van der Waals surface area contributed by atoms with E-state index in [-0.39, 0.29) is 6.04 Å². The third-order valence-corrected chi connectivity index (χ3v) is 3.85. The van der Waals surface area contributed by atoms with Crippen LogP contribution >= 0.6 is 0 Å². The average Bonchev–Trinajstić information content (AvgIpc) is 3.10. The van der Waals surface area contributed by atoms with Crippen LogP contribution in [0.15, 0.2) is 41.0 Å². The number of hydrogen-bond donors (Lipinski definition) is 1. The van der Waals surface area contributed by atoms with Crippen molar-refractivity contribution in [2.45, 2.75) is 25.9 Å². The molecule has 24 heavy (non-hydrogen) atoms. The molecule has 1 atom stereocenters. The van der Waals surface area contributed by atoms with Crippen LogP contribution in [0.5, 0.6) is 11.5 Å². The predicted octanol–water partition coefficient (Wildman–Crippen LogP) is 3.47. The van der Waals surface area contributed by atoms with Crippen LogP contribution in [-0.4, -0.2) is 39.3 Å². The van der Waals surface area contributed by atoms with Crippen LogP contribution in [0, 0.1) is 0 Å². The average molecular weight is 332 g/mol. The summed E-state index contributed by atoms with van der Waals surface area (Å²) in [4.78, 5) is 2.15. The zero-order valence-electron chi connectivity index (χ0n) is 15.0. The quantitative estimate of drug-likeness (QED) is 0.722. The second-order valence-corrected chi connectivity index (χ2v) is 5.96. The second kappa shape index (κ2) is 9.35. The molecule has 1 aromatic carbocycles. The minimum absolute atomic E-state index is 0.203.